The molecule has 1 aromatic carbocycles. The van der Waals surface area contributed by atoms with Crippen LogP contribution in [0.15, 0.2) is 29.2 Å². The summed E-state index contributed by atoms with van der Waals surface area (Å²) in [5.41, 5.74) is -1.22. The van der Waals surface area contributed by atoms with Crippen LogP contribution in [-0.4, -0.2) is 48.1 Å². The summed E-state index contributed by atoms with van der Waals surface area (Å²) in [4.78, 5) is 24.9. The number of carboxylic acids is 1. The summed E-state index contributed by atoms with van der Waals surface area (Å²) < 4.78 is 10.3. The second-order valence-electron chi connectivity index (χ2n) is 5.42. The van der Waals surface area contributed by atoms with Crippen LogP contribution in [0.1, 0.15) is 19.8 Å². The van der Waals surface area contributed by atoms with E-state index in [1.165, 1.54) is 11.8 Å². The zero-order chi connectivity index (χ0) is 16.9. The third-order valence-corrected chi connectivity index (χ3v) is 4.97. The molecule has 1 amide bonds. The van der Waals surface area contributed by atoms with Gasteiger partial charge >= 0.3 is 5.97 Å². The highest BCUT2D eigenvalue weighted by atomic mass is 32.2. The molecule has 0 aromatic heterocycles. The molecule has 126 valence electrons. The second-order valence-corrected chi connectivity index (χ2v) is 6.84. The predicted octanol–water partition coefficient (Wildman–Crippen LogP) is 1.93. The Morgan fingerprint density at radius 3 is 2.43 bits per heavy atom. The van der Waals surface area contributed by atoms with Gasteiger partial charge in [-0.05, 0) is 31.2 Å². The van der Waals surface area contributed by atoms with Crippen LogP contribution in [0.25, 0.3) is 0 Å². The molecule has 7 heteroatoms. The van der Waals surface area contributed by atoms with E-state index in [0.717, 1.165) is 10.6 Å². The highest BCUT2D eigenvalue weighted by Crippen LogP contribution is 2.27. The van der Waals surface area contributed by atoms with E-state index in [0.29, 0.717) is 13.2 Å². The Balaban J connectivity index is 1.99. The van der Waals surface area contributed by atoms with Crippen LogP contribution in [-0.2, 0) is 14.3 Å². The third kappa shape index (κ3) is 4.39. The maximum absolute atomic E-state index is 12.4. The number of hydrogen-bond donors (Lipinski definition) is 2. The fraction of sp³-hybridized carbons (Fsp3) is 0.500. The minimum Gasteiger partial charge on any atom is -0.497 e. The van der Waals surface area contributed by atoms with Gasteiger partial charge < -0.3 is 19.9 Å². The molecule has 1 atom stereocenters. The summed E-state index contributed by atoms with van der Waals surface area (Å²) >= 11 is 1.38. The van der Waals surface area contributed by atoms with Crippen molar-refractivity contribution in [3.8, 4) is 5.75 Å². The normalized spacial score (nSPS) is 18.0. The molecule has 6 nitrogen and oxygen atoms in total. The van der Waals surface area contributed by atoms with Crippen molar-refractivity contribution in [2.75, 3.05) is 20.3 Å². The zero-order valence-corrected chi connectivity index (χ0v) is 14.0. The Morgan fingerprint density at radius 1 is 1.30 bits per heavy atom. The lowest BCUT2D eigenvalue weighted by Gasteiger charge is -2.34. The van der Waals surface area contributed by atoms with Gasteiger partial charge in [0.25, 0.3) is 0 Å². The molecule has 1 aliphatic rings. The van der Waals surface area contributed by atoms with Gasteiger partial charge in [-0.3, -0.25) is 4.79 Å². The third-order valence-electron chi connectivity index (χ3n) is 3.86. The number of carbonyl (C=O) groups is 2. The van der Waals surface area contributed by atoms with E-state index in [4.69, 9.17) is 9.47 Å². The van der Waals surface area contributed by atoms with E-state index in [9.17, 15) is 14.7 Å². The molecule has 1 unspecified atom stereocenters. The van der Waals surface area contributed by atoms with Gasteiger partial charge in [-0.15, -0.1) is 11.8 Å². The van der Waals surface area contributed by atoms with Crippen molar-refractivity contribution in [1.82, 2.24) is 5.32 Å². The summed E-state index contributed by atoms with van der Waals surface area (Å²) in [6.07, 6.45) is 0.571. The fourth-order valence-electron chi connectivity index (χ4n) is 2.36. The SMILES string of the molecule is COc1ccc(SC(C)C(=O)NC2(C(=O)O)CCOCC2)cc1. The molecular weight excluding hydrogens is 318 g/mol. The summed E-state index contributed by atoms with van der Waals surface area (Å²) in [7, 11) is 1.59. The first-order valence-electron chi connectivity index (χ1n) is 7.41. The van der Waals surface area contributed by atoms with Crippen molar-refractivity contribution >= 4 is 23.6 Å². The van der Waals surface area contributed by atoms with Crippen LogP contribution in [0.3, 0.4) is 0 Å². The number of amides is 1. The Kier molecular flexibility index (Phi) is 5.90. The standard InChI is InChI=1S/C16H21NO5S/c1-11(23-13-5-3-12(21-2)4-6-13)14(18)17-16(15(19)20)7-9-22-10-8-16/h3-6,11H,7-10H2,1-2H3,(H,17,18)(H,19,20). The maximum atomic E-state index is 12.4. The van der Waals surface area contributed by atoms with Gasteiger partial charge in [0.1, 0.15) is 11.3 Å². The molecule has 0 saturated carbocycles. The lowest BCUT2D eigenvalue weighted by molar-refractivity contribution is -0.152. The largest absolute Gasteiger partial charge is 0.497 e. The number of carbonyl (C=O) groups excluding carboxylic acids is 1. The first kappa shape index (κ1) is 17.6. The Hall–Kier alpha value is -1.73. The lowest BCUT2D eigenvalue weighted by atomic mass is 9.90. The number of aliphatic carboxylic acids is 1. The van der Waals surface area contributed by atoms with Gasteiger partial charge in [-0.1, -0.05) is 0 Å². The Morgan fingerprint density at radius 2 is 1.91 bits per heavy atom. The summed E-state index contributed by atoms with van der Waals surface area (Å²) in [5, 5.41) is 11.8. The zero-order valence-electron chi connectivity index (χ0n) is 13.2. The molecule has 1 heterocycles. The van der Waals surface area contributed by atoms with E-state index in [2.05, 4.69) is 5.32 Å². The van der Waals surface area contributed by atoms with Crippen LogP contribution in [0.5, 0.6) is 5.75 Å². The van der Waals surface area contributed by atoms with Crippen molar-refractivity contribution in [2.45, 2.75) is 35.4 Å². The minimum atomic E-state index is -1.22. The minimum absolute atomic E-state index is 0.282. The lowest BCUT2D eigenvalue weighted by Crippen LogP contribution is -2.58. The fourth-order valence-corrected chi connectivity index (χ4v) is 3.23. The number of rotatable bonds is 6. The summed E-state index contributed by atoms with van der Waals surface area (Å²) in [5.74, 6) is -0.538. The van der Waals surface area contributed by atoms with E-state index >= 15 is 0 Å². The second kappa shape index (κ2) is 7.70. The van der Waals surface area contributed by atoms with Crippen molar-refractivity contribution in [3.05, 3.63) is 24.3 Å². The summed E-state index contributed by atoms with van der Waals surface area (Å²) in [6, 6.07) is 7.39. The highest BCUT2D eigenvalue weighted by molar-refractivity contribution is 8.00. The Bertz CT molecular complexity index is 554. The number of benzene rings is 1. The van der Waals surface area contributed by atoms with Gasteiger partial charge in [-0.2, -0.15) is 0 Å². The smallest absolute Gasteiger partial charge is 0.329 e. The first-order valence-corrected chi connectivity index (χ1v) is 8.29. The predicted molar refractivity (Wildman–Crippen MR) is 86.9 cm³/mol. The Labute approximate surface area is 139 Å². The van der Waals surface area contributed by atoms with E-state index in [-0.39, 0.29) is 18.7 Å². The summed E-state index contributed by atoms with van der Waals surface area (Å²) in [6.45, 7) is 2.44. The van der Waals surface area contributed by atoms with Gasteiger partial charge in [0, 0.05) is 31.0 Å². The molecule has 1 fully saturated rings. The van der Waals surface area contributed by atoms with Crippen LogP contribution in [0.4, 0.5) is 0 Å². The average Bonchev–Trinajstić information content (AvgIpc) is 2.56. The van der Waals surface area contributed by atoms with Crippen LogP contribution < -0.4 is 10.1 Å². The number of methoxy groups -OCH3 is 1. The van der Waals surface area contributed by atoms with Crippen LogP contribution in [0.2, 0.25) is 0 Å². The first-order chi connectivity index (χ1) is 11.0. The van der Waals surface area contributed by atoms with Crippen molar-refractivity contribution in [3.63, 3.8) is 0 Å². The van der Waals surface area contributed by atoms with E-state index in [1.54, 1.807) is 14.0 Å². The molecule has 0 radical (unpaired) electrons. The number of carboxylic acid groups (broad SMARTS) is 1. The molecule has 0 aliphatic carbocycles. The van der Waals surface area contributed by atoms with Crippen molar-refractivity contribution in [1.29, 1.82) is 0 Å². The molecule has 0 bridgehead atoms. The van der Waals surface area contributed by atoms with Gasteiger partial charge in [-0.25, -0.2) is 4.79 Å². The molecule has 2 N–H and O–H groups in total. The number of ether oxygens (including phenoxy) is 2. The van der Waals surface area contributed by atoms with E-state index in [1.807, 2.05) is 24.3 Å². The van der Waals surface area contributed by atoms with Gasteiger partial charge in [0.15, 0.2) is 0 Å². The number of thioether (sulfide) groups is 1. The number of nitrogens with one attached hydrogen (secondary N) is 1. The van der Waals surface area contributed by atoms with Gasteiger partial charge in [0.2, 0.25) is 5.91 Å². The van der Waals surface area contributed by atoms with E-state index < -0.39 is 16.8 Å². The topological polar surface area (TPSA) is 84.9 Å². The molecule has 23 heavy (non-hydrogen) atoms. The van der Waals surface area contributed by atoms with Crippen LogP contribution in [0, 0.1) is 0 Å². The quantitative estimate of drug-likeness (QED) is 0.771. The van der Waals surface area contributed by atoms with Crippen LogP contribution >= 0.6 is 11.8 Å². The molecular formula is C16H21NO5S. The van der Waals surface area contributed by atoms with Gasteiger partial charge in [0.05, 0.1) is 12.4 Å². The molecule has 1 saturated heterocycles. The average molecular weight is 339 g/mol. The molecule has 2 rings (SSSR count). The molecule has 0 spiro atoms. The monoisotopic (exact) mass is 339 g/mol. The maximum Gasteiger partial charge on any atom is 0.329 e. The highest BCUT2D eigenvalue weighted by Gasteiger charge is 2.42. The molecule has 1 aliphatic heterocycles. The van der Waals surface area contributed by atoms with Crippen molar-refractivity contribution in [2.24, 2.45) is 0 Å². The molecule has 1 aromatic rings. The number of hydrogen-bond acceptors (Lipinski definition) is 5. The van der Waals surface area contributed by atoms with Crippen molar-refractivity contribution < 1.29 is 24.2 Å².